The van der Waals surface area contributed by atoms with Crippen molar-refractivity contribution in [3.05, 3.63) is 71.8 Å². The number of hydrogen-bond acceptors (Lipinski definition) is 4. The van der Waals surface area contributed by atoms with Crippen molar-refractivity contribution in [3.8, 4) is 0 Å². The SMILES string of the molecule is CCOP(=O)(OCC)C(N=C(c1ccccc1)c1ccccc1)C1CCCCC1. The predicted octanol–water partition coefficient (Wildman–Crippen LogP) is 6.70. The van der Waals surface area contributed by atoms with Crippen LogP contribution in [0.1, 0.15) is 57.1 Å². The highest BCUT2D eigenvalue weighted by Gasteiger charge is 2.41. The van der Waals surface area contributed by atoms with Gasteiger partial charge in [-0.15, -0.1) is 0 Å². The van der Waals surface area contributed by atoms with Gasteiger partial charge in [-0.1, -0.05) is 79.9 Å². The molecule has 4 nitrogen and oxygen atoms in total. The molecule has 1 atom stereocenters. The third kappa shape index (κ3) is 5.66. The normalized spacial score (nSPS) is 16.3. The van der Waals surface area contributed by atoms with Crippen molar-refractivity contribution >= 4 is 13.3 Å². The number of benzene rings is 2. The Morgan fingerprint density at radius 2 is 1.38 bits per heavy atom. The highest BCUT2D eigenvalue weighted by molar-refractivity contribution is 7.54. The maximum atomic E-state index is 13.9. The molecule has 1 unspecified atom stereocenters. The fourth-order valence-corrected chi connectivity index (χ4v) is 6.23. The third-order valence-corrected chi connectivity index (χ3v) is 7.79. The molecule has 0 radical (unpaired) electrons. The molecule has 3 rings (SSSR count). The van der Waals surface area contributed by atoms with E-state index in [1.807, 2.05) is 50.2 Å². The van der Waals surface area contributed by atoms with Crippen molar-refractivity contribution in [2.75, 3.05) is 13.2 Å². The lowest BCUT2D eigenvalue weighted by Crippen LogP contribution is -2.26. The Morgan fingerprint density at radius 3 is 1.83 bits per heavy atom. The summed E-state index contributed by atoms with van der Waals surface area (Å²) in [6.45, 7) is 4.43. The lowest BCUT2D eigenvalue weighted by Gasteiger charge is -2.32. The van der Waals surface area contributed by atoms with Gasteiger partial charge in [0.05, 0.1) is 18.9 Å². The van der Waals surface area contributed by atoms with Gasteiger partial charge in [-0.2, -0.15) is 0 Å². The van der Waals surface area contributed by atoms with E-state index in [0.29, 0.717) is 13.2 Å². The first-order valence-corrected chi connectivity index (χ1v) is 12.4. The fraction of sp³-hybridized carbons (Fsp3) is 0.458. The summed E-state index contributed by atoms with van der Waals surface area (Å²) >= 11 is 0. The standard InChI is InChI=1S/C24H32NO3P/c1-3-27-29(26,28-4-2)24(22-18-12-7-13-19-22)25-23(20-14-8-5-9-15-20)21-16-10-6-11-17-21/h5-6,8-11,14-17,22,24H,3-4,7,12-13,18-19H2,1-2H3. The van der Waals surface area contributed by atoms with Crippen LogP contribution in [0.5, 0.6) is 0 Å². The summed E-state index contributed by atoms with van der Waals surface area (Å²) in [6.07, 6.45) is 5.52. The topological polar surface area (TPSA) is 47.9 Å². The Labute approximate surface area is 174 Å². The average molecular weight is 413 g/mol. The minimum atomic E-state index is -3.38. The van der Waals surface area contributed by atoms with E-state index in [-0.39, 0.29) is 5.92 Å². The van der Waals surface area contributed by atoms with Crippen LogP contribution in [0.4, 0.5) is 0 Å². The highest BCUT2D eigenvalue weighted by atomic mass is 31.2. The monoisotopic (exact) mass is 413 g/mol. The van der Waals surface area contributed by atoms with Crippen molar-refractivity contribution in [1.82, 2.24) is 0 Å². The number of aliphatic imine (C=N–C) groups is 1. The van der Waals surface area contributed by atoms with Crippen LogP contribution < -0.4 is 0 Å². The van der Waals surface area contributed by atoms with Gasteiger partial charge in [0.15, 0.2) is 5.78 Å². The second kappa shape index (κ2) is 10.9. The zero-order chi connectivity index (χ0) is 20.5. The van der Waals surface area contributed by atoms with Crippen LogP contribution in [0.3, 0.4) is 0 Å². The average Bonchev–Trinajstić information content (AvgIpc) is 2.76. The van der Waals surface area contributed by atoms with E-state index in [2.05, 4.69) is 24.3 Å². The number of hydrogen-bond donors (Lipinski definition) is 0. The second-order valence-electron chi connectivity index (χ2n) is 7.40. The van der Waals surface area contributed by atoms with Gasteiger partial charge in [0.1, 0.15) is 0 Å². The molecule has 156 valence electrons. The van der Waals surface area contributed by atoms with Crippen molar-refractivity contribution < 1.29 is 13.6 Å². The van der Waals surface area contributed by atoms with Crippen LogP contribution in [0.15, 0.2) is 65.7 Å². The van der Waals surface area contributed by atoms with E-state index in [4.69, 9.17) is 14.0 Å². The van der Waals surface area contributed by atoms with Crippen molar-refractivity contribution in [1.29, 1.82) is 0 Å². The molecule has 1 saturated carbocycles. The van der Waals surface area contributed by atoms with E-state index >= 15 is 0 Å². The Kier molecular flexibility index (Phi) is 8.23. The Morgan fingerprint density at radius 1 is 0.897 bits per heavy atom. The number of nitrogens with zero attached hydrogens (tertiary/aromatic N) is 1. The van der Waals surface area contributed by atoms with Gasteiger partial charge in [-0.25, -0.2) is 0 Å². The Hall–Kier alpha value is -1.74. The van der Waals surface area contributed by atoms with Crippen molar-refractivity contribution in [2.45, 2.75) is 51.7 Å². The molecular formula is C24H32NO3P. The van der Waals surface area contributed by atoms with Crippen molar-refractivity contribution in [2.24, 2.45) is 10.9 Å². The molecule has 0 aliphatic heterocycles. The Balaban J connectivity index is 2.12. The van der Waals surface area contributed by atoms with Crippen LogP contribution >= 0.6 is 7.60 Å². The van der Waals surface area contributed by atoms with Crippen LogP contribution in [0, 0.1) is 5.92 Å². The largest absolute Gasteiger partial charge is 0.355 e. The molecule has 0 spiro atoms. The predicted molar refractivity (Wildman–Crippen MR) is 120 cm³/mol. The summed E-state index contributed by atoms with van der Waals surface area (Å²) in [6, 6.07) is 20.2. The van der Waals surface area contributed by atoms with Crippen LogP contribution in [0.25, 0.3) is 0 Å². The third-order valence-electron chi connectivity index (χ3n) is 5.37. The molecule has 0 bridgehead atoms. The molecule has 0 N–H and O–H groups in total. The first-order chi connectivity index (χ1) is 14.2. The summed E-state index contributed by atoms with van der Waals surface area (Å²) in [5.74, 6) is -0.284. The Bertz CT molecular complexity index is 765. The summed E-state index contributed by atoms with van der Waals surface area (Å²) in [5, 5.41) is 0. The molecule has 2 aromatic carbocycles. The molecule has 5 heteroatoms. The first kappa shape index (κ1) is 22.0. The second-order valence-corrected chi connectivity index (χ2v) is 9.52. The highest BCUT2D eigenvalue weighted by Crippen LogP contribution is 2.58. The lowest BCUT2D eigenvalue weighted by molar-refractivity contribution is 0.196. The van der Waals surface area contributed by atoms with Crippen LogP contribution in [-0.2, 0) is 13.6 Å². The molecule has 0 heterocycles. The molecule has 0 aromatic heterocycles. The smallest absolute Gasteiger partial charge is 0.307 e. The van der Waals surface area contributed by atoms with Crippen molar-refractivity contribution in [3.63, 3.8) is 0 Å². The summed E-state index contributed by atoms with van der Waals surface area (Å²) in [4.78, 5) is 5.15. The van der Waals surface area contributed by atoms with Gasteiger partial charge in [-0.3, -0.25) is 9.56 Å². The number of rotatable bonds is 9. The zero-order valence-corrected chi connectivity index (χ0v) is 18.4. The fourth-order valence-electron chi connectivity index (χ4n) is 4.06. The van der Waals surface area contributed by atoms with Crippen LogP contribution in [0.2, 0.25) is 0 Å². The van der Waals surface area contributed by atoms with Gasteiger partial charge in [0, 0.05) is 11.1 Å². The summed E-state index contributed by atoms with van der Waals surface area (Å²) < 4.78 is 25.4. The van der Waals surface area contributed by atoms with Crippen LogP contribution in [-0.4, -0.2) is 24.7 Å². The van der Waals surface area contributed by atoms with Gasteiger partial charge < -0.3 is 9.05 Å². The zero-order valence-electron chi connectivity index (χ0n) is 17.5. The molecular weight excluding hydrogens is 381 g/mol. The molecule has 2 aromatic rings. The minimum Gasteiger partial charge on any atom is -0.307 e. The quantitative estimate of drug-likeness (QED) is 0.340. The molecule has 29 heavy (non-hydrogen) atoms. The molecule has 1 aliphatic carbocycles. The summed E-state index contributed by atoms with van der Waals surface area (Å²) in [7, 11) is -3.38. The van der Waals surface area contributed by atoms with E-state index in [1.54, 1.807) is 0 Å². The maximum Gasteiger partial charge on any atom is 0.355 e. The van der Waals surface area contributed by atoms with Gasteiger partial charge >= 0.3 is 7.60 Å². The van der Waals surface area contributed by atoms with E-state index in [9.17, 15) is 4.57 Å². The van der Waals surface area contributed by atoms with E-state index in [1.165, 1.54) is 6.42 Å². The molecule has 0 saturated heterocycles. The van der Waals surface area contributed by atoms with E-state index < -0.39 is 13.4 Å². The van der Waals surface area contributed by atoms with E-state index in [0.717, 1.165) is 42.5 Å². The molecule has 0 amide bonds. The summed E-state index contributed by atoms with van der Waals surface area (Å²) in [5.41, 5.74) is 2.87. The molecule has 1 fully saturated rings. The maximum absolute atomic E-state index is 13.9. The van der Waals surface area contributed by atoms with Gasteiger partial charge in [0.25, 0.3) is 0 Å². The minimum absolute atomic E-state index is 0.204. The lowest BCUT2D eigenvalue weighted by atomic mass is 9.89. The van der Waals surface area contributed by atoms with Gasteiger partial charge in [0.2, 0.25) is 0 Å². The first-order valence-electron chi connectivity index (χ1n) is 10.8. The van der Waals surface area contributed by atoms with Gasteiger partial charge in [-0.05, 0) is 32.6 Å². The molecule has 1 aliphatic rings.